The SMILES string of the molecule is C[C@@H](C(=O)NCCN1CCOCC1)n1c(Cc2ccc(Cl)cc2Cl)nc2cc(Cl)c(Cl)cc21. The summed E-state index contributed by atoms with van der Waals surface area (Å²) >= 11 is 25.0. The molecule has 1 N–H and O–H groups in total. The Balaban J connectivity index is 1.60. The molecule has 6 nitrogen and oxygen atoms in total. The van der Waals surface area contributed by atoms with Crippen molar-refractivity contribution in [2.24, 2.45) is 0 Å². The van der Waals surface area contributed by atoms with Gasteiger partial charge in [0.2, 0.25) is 5.91 Å². The average molecular weight is 530 g/mol. The van der Waals surface area contributed by atoms with E-state index in [1.165, 1.54) is 0 Å². The topological polar surface area (TPSA) is 59.4 Å². The van der Waals surface area contributed by atoms with E-state index < -0.39 is 6.04 Å². The molecule has 2 heterocycles. The molecular weight excluding hydrogens is 506 g/mol. The van der Waals surface area contributed by atoms with Gasteiger partial charge in [-0.3, -0.25) is 9.69 Å². The van der Waals surface area contributed by atoms with E-state index in [9.17, 15) is 4.79 Å². The van der Waals surface area contributed by atoms with Crippen LogP contribution in [0.15, 0.2) is 30.3 Å². The number of ether oxygens (including phenoxy) is 1. The predicted octanol–water partition coefficient (Wildman–Crippen LogP) is 5.25. The van der Waals surface area contributed by atoms with Crippen LogP contribution >= 0.6 is 46.4 Å². The number of amides is 1. The summed E-state index contributed by atoms with van der Waals surface area (Å²) in [6.45, 7) is 6.39. The van der Waals surface area contributed by atoms with Crippen molar-refractivity contribution in [1.29, 1.82) is 0 Å². The Morgan fingerprint density at radius 1 is 1.09 bits per heavy atom. The van der Waals surface area contributed by atoms with Crippen LogP contribution in [-0.2, 0) is 16.0 Å². The zero-order valence-corrected chi connectivity index (χ0v) is 21.1. The highest BCUT2D eigenvalue weighted by Gasteiger charge is 2.23. The number of aromatic nitrogens is 2. The Bertz CT molecular complexity index is 1160. The number of halogens is 4. The molecule has 0 aliphatic carbocycles. The van der Waals surface area contributed by atoms with Crippen LogP contribution in [0, 0.1) is 0 Å². The normalized spacial score (nSPS) is 15.7. The first-order chi connectivity index (χ1) is 15.8. The Morgan fingerprint density at radius 2 is 1.82 bits per heavy atom. The van der Waals surface area contributed by atoms with Gasteiger partial charge in [0.15, 0.2) is 0 Å². The van der Waals surface area contributed by atoms with E-state index in [0.717, 1.165) is 43.9 Å². The average Bonchev–Trinajstić information content (AvgIpc) is 3.12. The molecule has 10 heteroatoms. The highest BCUT2D eigenvalue weighted by Crippen LogP contribution is 2.32. The number of carbonyl (C=O) groups excluding carboxylic acids is 1. The van der Waals surface area contributed by atoms with Crippen molar-refractivity contribution in [2.75, 3.05) is 39.4 Å². The van der Waals surface area contributed by atoms with Crippen molar-refractivity contribution in [3.8, 4) is 0 Å². The lowest BCUT2D eigenvalue weighted by Crippen LogP contribution is -2.42. The zero-order valence-electron chi connectivity index (χ0n) is 18.1. The summed E-state index contributed by atoms with van der Waals surface area (Å²) in [5.41, 5.74) is 2.26. The second-order valence-corrected chi connectivity index (χ2v) is 9.64. The van der Waals surface area contributed by atoms with Crippen molar-refractivity contribution in [1.82, 2.24) is 19.8 Å². The second kappa shape index (κ2) is 10.8. The van der Waals surface area contributed by atoms with Gasteiger partial charge in [-0.1, -0.05) is 52.5 Å². The lowest BCUT2D eigenvalue weighted by atomic mass is 10.1. The zero-order chi connectivity index (χ0) is 23.5. The first kappa shape index (κ1) is 24.6. The lowest BCUT2D eigenvalue weighted by Gasteiger charge is -2.26. The maximum Gasteiger partial charge on any atom is 0.242 e. The second-order valence-electron chi connectivity index (χ2n) is 7.99. The molecule has 0 unspecified atom stereocenters. The quantitative estimate of drug-likeness (QED) is 0.454. The highest BCUT2D eigenvalue weighted by atomic mass is 35.5. The van der Waals surface area contributed by atoms with Crippen LogP contribution in [0.5, 0.6) is 0 Å². The van der Waals surface area contributed by atoms with Gasteiger partial charge in [-0.15, -0.1) is 0 Å². The van der Waals surface area contributed by atoms with Crippen molar-refractivity contribution in [2.45, 2.75) is 19.4 Å². The van der Waals surface area contributed by atoms with E-state index in [4.69, 9.17) is 56.1 Å². The minimum atomic E-state index is -0.516. The van der Waals surface area contributed by atoms with Crippen LogP contribution in [0.2, 0.25) is 20.1 Å². The number of hydrogen-bond donors (Lipinski definition) is 1. The van der Waals surface area contributed by atoms with Gasteiger partial charge in [-0.2, -0.15) is 0 Å². The van der Waals surface area contributed by atoms with Crippen LogP contribution in [0.1, 0.15) is 24.4 Å². The molecule has 4 rings (SSSR count). The molecule has 1 atom stereocenters. The maximum absolute atomic E-state index is 13.1. The van der Waals surface area contributed by atoms with Gasteiger partial charge < -0.3 is 14.6 Å². The molecule has 1 amide bonds. The fourth-order valence-electron chi connectivity index (χ4n) is 3.96. The summed E-state index contributed by atoms with van der Waals surface area (Å²) in [4.78, 5) is 20.1. The van der Waals surface area contributed by atoms with Gasteiger partial charge in [-0.05, 0) is 36.8 Å². The number of nitrogens with one attached hydrogen (secondary N) is 1. The number of morpholine rings is 1. The number of hydrogen-bond acceptors (Lipinski definition) is 4. The van der Waals surface area contributed by atoms with Crippen molar-refractivity contribution in [3.05, 3.63) is 61.8 Å². The molecule has 0 spiro atoms. The molecule has 1 aromatic heterocycles. The molecule has 2 aromatic carbocycles. The molecule has 1 saturated heterocycles. The van der Waals surface area contributed by atoms with Crippen LogP contribution in [-0.4, -0.2) is 59.8 Å². The van der Waals surface area contributed by atoms with Crippen LogP contribution in [0.25, 0.3) is 11.0 Å². The molecule has 0 bridgehead atoms. The van der Waals surface area contributed by atoms with E-state index in [0.29, 0.717) is 44.4 Å². The van der Waals surface area contributed by atoms with E-state index in [1.54, 1.807) is 24.3 Å². The predicted molar refractivity (Wildman–Crippen MR) is 134 cm³/mol. The summed E-state index contributed by atoms with van der Waals surface area (Å²) in [5, 5.41) is 4.96. The molecule has 0 radical (unpaired) electrons. The maximum atomic E-state index is 13.1. The summed E-state index contributed by atoms with van der Waals surface area (Å²) in [7, 11) is 0. The van der Waals surface area contributed by atoms with E-state index >= 15 is 0 Å². The number of fused-ring (bicyclic) bond motifs is 1. The first-order valence-electron chi connectivity index (χ1n) is 10.7. The highest BCUT2D eigenvalue weighted by molar-refractivity contribution is 6.42. The van der Waals surface area contributed by atoms with Gasteiger partial charge in [0.25, 0.3) is 0 Å². The van der Waals surface area contributed by atoms with Gasteiger partial charge in [0.05, 0.1) is 34.3 Å². The smallest absolute Gasteiger partial charge is 0.242 e. The van der Waals surface area contributed by atoms with Gasteiger partial charge in [-0.25, -0.2) is 4.98 Å². The molecule has 1 aliphatic rings. The monoisotopic (exact) mass is 528 g/mol. The Morgan fingerprint density at radius 3 is 2.55 bits per heavy atom. The van der Waals surface area contributed by atoms with Crippen LogP contribution in [0.3, 0.4) is 0 Å². The van der Waals surface area contributed by atoms with Gasteiger partial charge in [0.1, 0.15) is 11.9 Å². The lowest BCUT2D eigenvalue weighted by molar-refractivity contribution is -0.123. The van der Waals surface area contributed by atoms with Crippen molar-refractivity contribution < 1.29 is 9.53 Å². The number of imidazole rings is 1. The number of benzene rings is 2. The fraction of sp³-hybridized carbons (Fsp3) is 0.391. The van der Waals surface area contributed by atoms with Crippen LogP contribution < -0.4 is 5.32 Å². The Hall–Kier alpha value is -1.54. The molecule has 1 fully saturated rings. The first-order valence-corrected chi connectivity index (χ1v) is 12.2. The molecular formula is C23H24Cl4N4O2. The molecule has 3 aromatic rings. The summed E-state index contributed by atoms with van der Waals surface area (Å²) in [5.74, 6) is 0.584. The molecule has 33 heavy (non-hydrogen) atoms. The minimum absolute atomic E-state index is 0.0999. The molecule has 176 valence electrons. The van der Waals surface area contributed by atoms with Gasteiger partial charge in [0, 0.05) is 42.6 Å². The third-order valence-electron chi connectivity index (χ3n) is 5.77. The van der Waals surface area contributed by atoms with Crippen LogP contribution in [0.4, 0.5) is 0 Å². The molecule has 1 aliphatic heterocycles. The largest absolute Gasteiger partial charge is 0.379 e. The number of nitrogens with zero attached hydrogens (tertiary/aromatic N) is 3. The number of rotatable bonds is 7. The summed E-state index contributed by atoms with van der Waals surface area (Å²) < 4.78 is 7.27. The fourth-order valence-corrected chi connectivity index (χ4v) is 4.75. The molecule has 0 saturated carbocycles. The van der Waals surface area contributed by atoms with E-state index in [2.05, 4.69) is 10.2 Å². The van der Waals surface area contributed by atoms with Gasteiger partial charge >= 0.3 is 0 Å². The Kier molecular flexibility index (Phi) is 8.05. The number of carbonyl (C=O) groups is 1. The Labute approximate surface area is 212 Å². The third kappa shape index (κ3) is 5.76. The standard InChI is InChI=1S/C23H24Cl4N4O2/c1-14(23(32)28-4-5-30-6-8-33-9-7-30)31-21-13-19(27)18(26)12-20(21)29-22(31)10-15-2-3-16(24)11-17(15)25/h2-3,11-14H,4-10H2,1H3,(H,28,32)/t14-/m0/s1. The van der Waals surface area contributed by atoms with E-state index in [1.807, 2.05) is 17.6 Å². The summed E-state index contributed by atoms with van der Waals surface area (Å²) in [6, 6.07) is 8.29. The third-order valence-corrected chi connectivity index (χ3v) is 7.08. The minimum Gasteiger partial charge on any atom is -0.379 e. The van der Waals surface area contributed by atoms with Crippen molar-refractivity contribution >= 4 is 63.3 Å². The van der Waals surface area contributed by atoms with Crippen molar-refractivity contribution in [3.63, 3.8) is 0 Å². The summed E-state index contributed by atoms with van der Waals surface area (Å²) in [6.07, 6.45) is 0.422. The van der Waals surface area contributed by atoms with E-state index in [-0.39, 0.29) is 5.91 Å².